The van der Waals surface area contributed by atoms with Gasteiger partial charge in [-0.05, 0) is 54.0 Å². The maximum absolute atomic E-state index is 14.1. The number of carbonyl (C=O) groups is 1. The molecule has 2 heterocycles. The molecule has 44 heavy (non-hydrogen) atoms. The fourth-order valence-corrected chi connectivity index (χ4v) is 6.10. The van der Waals surface area contributed by atoms with Crippen LogP contribution in [0, 0.1) is 0 Å². The molecule has 0 N–H and O–H groups in total. The molecule has 0 fully saturated rings. The lowest BCUT2D eigenvalue weighted by Gasteiger charge is -2.26. The summed E-state index contributed by atoms with van der Waals surface area (Å²) in [6.07, 6.45) is 1.84. The Labute approximate surface area is 258 Å². The number of fused-ring (bicyclic) bond motifs is 1. The minimum absolute atomic E-state index is 0.190. The summed E-state index contributed by atoms with van der Waals surface area (Å²) >= 11 is 1.29. The van der Waals surface area contributed by atoms with Gasteiger partial charge in [0.1, 0.15) is 18.1 Å². The number of aromatic nitrogens is 1. The van der Waals surface area contributed by atoms with Crippen LogP contribution in [0.15, 0.2) is 125 Å². The van der Waals surface area contributed by atoms with E-state index in [1.807, 2.05) is 115 Å². The number of thiazole rings is 1. The molecule has 0 unspecified atom stereocenters. The van der Waals surface area contributed by atoms with Crippen molar-refractivity contribution in [3.05, 3.63) is 157 Å². The number of ether oxygens (including phenoxy) is 3. The average molecular weight is 603 g/mol. The van der Waals surface area contributed by atoms with E-state index in [4.69, 9.17) is 19.2 Å². The molecule has 0 amide bonds. The third kappa shape index (κ3) is 5.98. The molecule has 5 aromatic rings. The van der Waals surface area contributed by atoms with Crippen LogP contribution in [0.1, 0.15) is 35.2 Å². The van der Waals surface area contributed by atoms with Gasteiger partial charge in [0.25, 0.3) is 5.56 Å². The van der Waals surface area contributed by atoms with Gasteiger partial charge in [0.15, 0.2) is 4.80 Å². The van der Waals surface area contributed by atoms with Gasteiger partial charge in [-0.25, -0.2) is 9.79 Å². The number of carbonyl (C=O) groups excluding carboxylic acids is 1. The number of nitrogens with zero attached hydrogens (tertiary/aromatic N) is 2. The Hall–Kier alpha value is -5.21. The summed E-state index contributed by atoms with van der Waals surface area (Å²) in [6, 6.07) is 33.7. The second-order valence-corrected chi connectivity index (χ2v) is 11.1. The van der Waals surface area contributed by atoms with E-state index in [9.17, 15) is 9.59 Å². The van der Waals surface area contributed by atoms with Crippen molar-refractivity contribution in [2.75, 3.05) is 13.7 Å². The first kappa shape index (κ1) is 28.9. The number of methoxy groups -OCH3 is 1. The summed E-state index contributed by atoms with van der Waals surface area (Å²) in [6.45, 7) is 2.42. The zero-order valence-corrected chi connectivity index (χ0v) is 25.1. The van der Waals surface area contributed by atoms with Crippen molar-refractivity contribution in [2.45, 2.75) is 19.6 Å². The molecule has 8 heteroatoms. The summed E-state index contributed by atoms with van der Waals surface area (Å²) in [4.78, 5) is 33.1. The van der Waals surface area contributed by atoms with E-state index < -0.39 is 12.0 Å². The van der Waals surface area contributed by atoms with E-state index in [0.29, 0.717) is 33.0 Å². The van der Waals surface area contributed by atoms with Gasteiger partial charge >= 0.3 is 5.97 Å². The zero-order chi connectivity index (χ0) is 30.5. The normalized spacial score (nSPS) is 14.5. The van der Waals surface area contributed by atoms with E-state index >= 15 is 0 Å². The lowest BCUT2D eigenvalue weighted by molar-refractivity contribution is -0.138. The van der Waals surface area contributed by atoms with Crippen LogP contribution in [-0.4, -0.2) is 24.3 Å². The predicted octanol–water partition coefficient (Wildman–Crippen LogP) is 5.52. The lowest BCUT2D eigenvalue weighted by Crippen LogP contribution is -2.40. The first-order valence-electron chi connectivity index (χ1n) is 14.2. The highest BCUT2D eigenvalue weighted by Gasteiger charge is 2.35. The molecule has 0 radical (unpaired) electrons. The Morgan fingerprint density at radius 1 is 0.886 bits per heavy atom. The number of hydrogen-bond donors (Lipinski definition) is 0. The smallest absolute Gasteiger partial charge is 0.338 e. The van der Waals surface area contributed by atoms with Gasteiger partial charge in [-0.1, -0.05) is 96.3 Å². The largest absolute Gasteiger partial charge is 0.497 e. The summed E-state index contributed by atoms with van der Waals surface area (Å²) in [5.74, 6) is 0.886. The van der Waals surface area contributed by atoms with E-state index in [-0.39, 0.29) is 12.2 Å². The Bertz CT molecular complexity index is 1980. The maximum atomic E-state index is 14.1. The Balaban J connectivity index is 1.45. The molecule has 1 aliphatic rings. The van der Waals surface area contributed by atoms with Gasteiger partial charge in [-0.15, -0.1) is 0 Å². The molecule has 0 bridgehead atoms. The topological polar surface area (TPSA) is 79.1 Å². The molecular formula is C36H30N2O5S. The molecule has 0 saturated heterocycles. The van der Waals surface area contributed by atoms with Crippen LogP contribution >= 0.6 is 11.3 Å². The van der Waals surface area contributed by atoms with Crippen LogP contribution < -0.4 is 24.4 Å². The van der Waals surface area contributed by atoms with E-state index in [1.165, 1.54) is 11.3 Å². The molecule has 220 valence electrons. The summed E-state index contributed by atoms with van der Waals surface area (Å²) in [7, 11) is 1.59. The monoisotopic (exact) mass is 602 g/mol. The second-order valence-electron chi connectivity index (χ2n) is 10.0. The van der Waals surface area contributed by atoms with Gasteiger partial charge in [-0.2, -0.15) is 0 Å². The number of esters is 1. The third-order valence-electron chi connectivity index (χ3n) is 7.23. The Morgan fingerprint density at radius 3 is 2.20 bits per heavy atom. The fraction of sp³-hybridized carbons (Fsp3) is 0.139. The standard InChI is InChI=1S/C36H30N2O5S/c1-3-42-35(40)31-32(26-12-8-5-9-13-26)37-36-38(33(31)27-16-20-28(41-2)21-17-27)34(39)30(44-36)22-24-14-18-29(19-15-24)43-23-25-10-6-4-7-11-25/h4-22,33H,3,23H2,1-2H3/b30-22-/t33-/m0/s1. The first-order valence-corrected chi connectivity index (χ1v) is 15.1. The minimum atomic E-state index is -0.748. The number of rotatable bonds is 9. The molecule has 6 rings (SSSR count). The van der Waals surface area contributed by atoms with Crippen LogP contribution in [0.2, 0.25) is 0 Å². The molecule has 4 aromatic carbocycles. The van der Waals surface area contributed by atoms with Crippen LogP contribution in [-0.2, 0) is 16.1 Å². The molecule has 1 aromatic heterocycles. The zero-order valence-electron chi connectivity index (χ0n) is 24.3. The van der Waals surface area contributed by atoms with Crippen molar-refractivity contribution in [1.82, 2.24) is 4.57 Å². The van der Waals surface area contributed by atoms with Crippen LogP contribution in [0.4, 0.5) is 0 Å². The van der Waals surface area contributed by atoms with Gasteiger partial charge in [-0.3, -0.25) is 9.36 Å². The summed E-state index contributed by atoms with van der Waals surface area (Å²) in [5.41, 5.74) is 3.98. The van der Waals surface area contributed by atoms with Crippen molar-refractivity contribution in [1.29, 1.82) is 0 Å². The third-order valence-corrected chi connectivity index (χ3v) is 8.21. The van der Waals surface area contributed by atoms with Crippen molar-refractivity contribution < 1.29 is 19.0 Å². The molecular weight excluding hydrogens is 572 g/mol. The predicted molar refractivity (Wildman–Crippen MR) is 171 cm³/mol. The van der Waals surface area contributed by atoms with E-state index in [1.54, 1.807) is 18.6 Å². The fourth-order valence-electron chi connectivity index (χ4n) is 5.09. The van der Waals surface area contributed by atoms with Gasteiger partial charge in [0, 0.05) is 5.56 Å². The Morgan fingerprint density at radius 2 is 1.55 bits per heavy atom. The van der Waals surface area contributed by atoms with Crippen molar-refractivity contribution in [2.24, 2.45) is 4.99 Å². The number of benzene rings is 4. The van der Waals surface area contributed by atoms with Crippen LogP contribution in [0.25, 0.3) is 11.8 Å². The first-order chi connectivity index (χ1) is 21.6. The second kappa shape index (κ2) is 13.0. The maximum Gasteiger partial charge on any atom is 0.338 e. The molecule has 7 nitrogen and oxygen atoms in total. The highest BCUT2D eigenvalue weighted by molar-refractivity contribution is 7.07. The highest BCUT2D eigenvalue weighted by Crippen LogP contribution is 2.35. The van der Waals surface area contributed by atoms with Gasteiger partial charge < -0.3 is 14.2 Å². The van der Waals surface area contributed by atoms with Gasteiger partial charge in [0.2, 0.25) is 0 Å². The van der Waals surface area contributed by atoms with Crippen molar-refractivity contribution in [3.8, 4) is 11.5 Å². The molecule has 0 saturated carbocycles. The SMILES string of the molecule is CCOC(=O)C1=C(c2ccccc2)N=c2s/c(=C\c3ccc(OCc4ccccc4)cc3)c(=O)n2[C@H]1c1ccc(OC)cc1. The van der Waals surface area contributed by atoms with Gasteiger partial charge in [0.05, 0.1) is 35.6 Å². The molecule has 0 aliphatic carbocycles. The lowest BCUT2D eigenvalue weighted by atomic mass is 9.93. The summed E-state index contributed by atoms with van der Waals surface area (Å²) in [5, 5.41) is 0. The summed E-state index contributed by atoms with van der Waals surface area (Å²) < 4.78 is 18.9. The average Bonchev–Trinajstić information content (AvgIpc) is 3.38. The van der Waals surface area contributed by atoms with Crippen LogP contribution in [0.5, 0.6) is 11.5 Å². The molecule has 1 atom stereocenters. The molecule has 1 aliphatic heterocycles. The molecule has 0 spiro atoms. The Kier molecular flexibility index (Phi) is 8.52. The van der Waals surface area contributed by atoms with E-state index in [2.05, 4.69) is 0 Å². The quantitative estimate of drug-likeness (QED) is 0.208. The van der Waals surface area contributed by atoms with Crippen molar-refractivity contribution >= 4 is 29.1 Å². The minimum Gasteiger partial charge on any atom is -0.497 e. The van der Waals surface area contributed by atoms with Crippen LogP contribution in [0.3, 0.4) is 0 Å². The number of hydrogen-bond acceptors (Lipinski definition) is 7. The highest BCUT2D eigenvalue weighted by atomic mass is 32.1. The van der Waals surface area contributed by atoms with Crippen molar-refractivity contribution in [3.63, 3.8) is 0 Å². The van der Waals surface area contributed by atoms with E-state index in [0.717, 1.165) is 28.0 Å².